The molecule has 1 aliphatic carbocycles. The molecule has 0 spiro atoms. The number of hydrogen-bond acceptors (Lipinski definition) is 3. The van der Waals surface area contributed by atoms with Gasteiger partial charge < -0.3 is 9.47 Å². The molecule has 0 amide bonds. The molecular weight excluding hydrogens is 312 g/mol. The molecule has 25 heavy (non-hydrogen) atoms. The Morgan fingerprint density at radius 1 is 0.920 bits per heavy atom. The van der Waals surface area contributed by atoms with Crippen LogP contribution in [0.2, 0.25) is 0 Å². The molecule has 1 saturated heterocycles. The van der Waals surface area contributed by atoms with Gasteiger partial charge in [0.2, 0.25) is 0 Å². The zero-order valence-corrected chi connectivity index (χ0v) is 13.9. The van der Waals surface area contributed by atoms with E-state index in [0.29, 0.717) is 11.5 Å². The molecule has 0 aromatic heterocycles. The predicted octanol–water partition coefficient (Wildman–Crippen LogP) is 4.13. The minimum Gasteiger partial charge on any atom is -0.493 e. The monoisotopic (exact) mass is 330 g/mol. The maximum absolute atomic E-state index is 13.3. The molecule has 4 rings (SSSR count). The van der Waals surface area contributed by atoms with E-state index in [1.165, 1.54) is 0 Å². The van der Waals surface area contributed by atoms with Gasteiger partial charge in [-0.25, -0.2) is 0 Å². The number of allylic oxidation sites excluding steroid dienone is 4. The van der Waals surface area contributed by atoms with Gasteiger partial charge in [-0.3, -0.25) is 4.79 Å². The lowest BCUT2D eigenvalue weighted by atomic mass is 9.66. The molecule has 124 valence electrons. The number of ether oxygens (including phenoxy) is 2. The average molecular weight is 330 g/mol. The Hall–Kier alpha value is -3.07. The Balaban J connectivity index is 2.04. The van der Waals surface area contributed by atoms with Gasteiger partial charge in [0.05, 0.1) is 13.0 Å². The van der Waals surface area contributed by atoms with Crippen LogP contribution in [0.15, 0.2) is 96.5 Å². The molecule has 1 aliphatic heterocycles. The van der Waals surface area contributed by atoms with E-state index in [4.69, 9.17) is 9.47 Å². The molecule has 1 fully saturated rings. The van der Waals surface area contributed by atoms with Crippen molar-refractivity contribution >= 4 is 5.97 Å². The highest BCUT2D eigenvalue weighted by molar-refractivity contribution is 5.93. The van der Waals surface area contributed by atoms with Crippen LogP contribution < -0.4 is 0 Å². The van der Waals surface area contributed by atoms with Crippen LogP contribution in [-0.4, -0.2) is 13.1 Å². The van der Waals surface area contributed by atoms with Crippen molar-refractivity contribution in [1.29, 1.82) is 0 Å². The van der Waals surface area contributed by atoms with Crippen LogP contribution in [0, 0.1) is 5.92 Å². The van der Waals surface area contributed by atoms with Crippen LogP contribution in [0.5, 0.6) is 0 Å². The first-order valence-electron chi connectivity index (χ1n) is 8.25. The molecule has 0 saturated carbocycles. The molecule has 3 nitrogen and oxygen atoms in total. The Morgan fingerprint density at radius 3 is 2.08 bits per heavy atom. The molecule has 2 aromatic rings. The molecule has 3 heteroatoms. The molecule has 1 atom stereocenters. The number of benzene rings is 2. The minimum atomic E-state index is -0.926. The average Bonchev–Trinajstić information content (AvgIpc) is 2.82. The third kappa shape index (κ3) is 2.23. The number of esters is 1. The Kier molecular flexibility index (Phi) is 3.77. The maximum atomic E-state index is 13.3. The lowest BCUT2D eigenvalue weighted by Crippen LogP contribution is -2.38. The summed E-state index contributed by atoms with van der Waals surface area (Å²) >= 11 is 0. The second-order valence-corrected chi connectivity index (χ2v) is 6.08. The second kappa shape index (κ2) is 6.10. The van der Waals surface area contributed by atoms with E-state index < -0.39 is 5.41 Å². The Labute approximate surface area is 146 Å². The van der Waals surface area contributed by atoms with Crippen molar-refractivity contribution in [2.24, 2.45) is 5.92 Å². The van der Waals surface area contributed by atoms with Gasteiger partial charge in [0.1, 0.15) is 5.41 Å². The summed E-state index contributed by atoms with van der Waals surface area (Å²) in [5, 5.41) is 0. The lowest BCUT2D eigenvalue weighted by Gasteiger charge is -2.30. The van der Waals surface area contributed by atoms with Crippen molar-refractivity contribution in [3.63, 3.8) is 0 Å². The van der Waals surface area contributed by atoms with E-state index in [1.54, 1.807) is 7.11 Å². The smallest absolute Gasteiger partial charge is 0.327 e. The normalized spacial score (nSPS) is 20.8. The highest BCUT2D eigenvalue weighted by Gasteiger charge is 2.57. The van der Waals surface area contributed by atoms with Gasteiger partial charge >= 0.3 is 5.97 Å². The van der Waals surface area contributed by atoms with Crippen LogP contribution in [-0.2, 0) is 19.7 Å². The topological polar surface area (TPSA) is 35.5 Å². The first kappa shape index (κ1) is 15.5. The summed E-state index contributed by atoms with van der Waals surface area (Å²) in [6, 6.07) is 19.6. The number of hydrogen-bond donors (Lipinski definition) is 0. The van der Waals surface area contributed by atoms with Crippen molar-refractivity contribution in [1.82, 2.24) is 0 Å². The fourth-order valence-corrected chi connectivity index (χ4v) is 3.74. The van der Waals surface area contributed by atoms with E-state index in [9.17, 15) is 4.79 Å². The summed E-state index contributed by atoms with van der Waals surface area (Å²) in [6.07, 6.45) is 7.69. The van der Waals surface area contributed by atoms with E-state index in [-0.39, 0.29) is 11.9 Å². The van der Waals surface area contributed by atoms with E-state index in [1.807, 2.05) is 85.0 Å². The molecule has 0 radical (unpaired) electrons. The molecule has 1 unspecified atom stereocenters. The standard InChI is InChI=1S/C22H18O3/c1-24-19-15-9-8-14-18-20(19)25-21(23)22(18,16-10-4-2-5-11-16)17-12-6-3-7-13-17/h2-15,18H,1H3. The van der Waals surface area contributed by atoms with Crippen molar-refractivity contribution in [2.75, 3.05) is 7.11 Å². The van der Waals surface area contributed by atoms with E-state index in [0.717, 1.165) is 11.1 Å². The van der Waals surface area contributed by atoms with E-state index >= 15 is 0 Å². The van der Waals surface area contributed by atoms with E-state index in [2.05, 4.69) is 0 Å². The van der Waals surface area contributed by atoms with Gasteiger partial charge in [0.25, 0.3) is 0 Å². The van der Waals surface area contributed by atoms with Gasteiger partial charge in [0, 0.05) is 0 Å². The SMILES string of the molecule is COC1=C2OC(=O)C(c3ccccc3)(c3ccccc3)C2C=CC=C1. The number of carbonyl (C=O) groups is 1. The first-order chi connectivity index (χ1) is 12.3. The number of fused-ring (bicyclic) bond motifs is 1. The van der Waals surface area contributed by atoms with Gasteiger partial charge in [-0.1, -0.05) is 78.9 Å². The molecule has 1 heterocycles. The summed E-state index contributed by atoms with van der Waals surface area (Å²) in [4.78, 5) is 13.3. The van der Waals surface area contributed by atoms with Crippen molar-refractivity contribution in [3.8, 4) is 0 Å². The quantitative estimate of drug-likeness (QED) is 0.794. The number of methoxy groups -OCH3 is 1. The lowest BCUT2D eigenvalue weighted by molar-refractivity contribution is -0.139. The largest absolute Gasteiger partial charge is 0.493 e. The highest BCUT2D eigenvalue weighted by atomic mass is 16.6. The molecule has 0 N–H and O–H groups in total. The molecule has 2 aliphatic rings. The maximum Gasteiger partial charge on any atom is 0.327 e. The first-order valence-corrected chi connectivity index (χ1v) is 8.25. The van der Waals surface area contributed by atoms with Gasteiger partial charge in [-0.15, -0.1) is 0 Å². The minimum absolute atomic E-state index is 0.269. The van der Waals surface area contributed by atoms with Gasteiger partial charge in [-0.05, 0) is 17.2 Å². The fraction of sp³-hybridized carbons (Fsp3) is 0.136. The van der Waals surface area contributed by atoms with Crippen LogP contribution in [0.1, 0.15) is 11.1 Å². The van der Waals surface area contributed by atoms with Crippen LogP contribution in [0.3, 0.4) is 0 Å². The van der Waals surface area contributed by atoms with Gasteiger partial charge in [-0.2, -0.15) is 0 Å². The molecule has 0 bridgehead atoms. The predicted molar refractivity (Wildman–Crippen MR) is 95.6 cm³/mol. The number of rotatable bonds is 3. The Morgan fingerprint density at radius 2 is 1.52 bits per heavy atom. The summed E-state index contributed by atoms with van der Waals surface area (Å²) in [7, 11) is 1.59. The van der Waals surface area contributed by atoms with Crippen LogP contribution >= 0.6 is 0 Å². The van der Waals surface area contributed by atoms with Crippen LogP contribution in [0.25, 0.3) is 0 Å². The van der Waals surface area contributed by atoms with Crippen molar-refractivity contribution in [2.45, 2.75) is 5.41 Å². The number of carbonyl (C=O) groups excluding carboxylic acids is 1. The second-order valence-electron chi connectivity index (χ2n) is 6.08. The zero-order chi connectivity index (χ0) is 17.3. The van der Waals surface area contributed by atoms with Gasteiger partial charge in [0.15, 0.2) is 11.5 Å². The summed E-state index contributed by atoms with van der Waals surface area (Å²) < 4.78 is 11.3. The third-order valence-electron chi connectivity index (χ3n) is 4.86. The summed E-state index contributed by atoms with van der Waals surface area (Å²) in [5.41, 5.74) is 0.894. The fourth-order valence-electron chi connectivity index (χ4n) is 3.74. The zero-order valence-electron chi connectivity index (χ0n) is 13.9. The Bertz CT molecular complexity index is 837. The van der Waals surface area contributed by atoms with Crippen molar-refractivity contribution < 1.29 is 14.3 Å². The van der Waals surface area contributed by atoms with Crippen LogP contribution in [0.4, 0.5) is 0 Å². The molecular formula is C22H18O3. The summed E-state index contributed by atoms with van der Waals surface area (Å²) in [5.74, 6) is 0.594. The molecule has 2 aromatic carbocycles. The summed E-state index contributed by atoms with van der Waals surface area (Å²) in [6.45, 7) is 0. The highest BCUT2D eigenvalue weighted by Crippen LogP contribution is 2.51. The van der Waals surface area contributed by atoms with Crippen molar-refractivity contribution in [3.05, 3.63) is 108 Å². The third-order valence-corrected chi connectivity index (χ3v) is 4.86.